The van der Waals surface area contributed by atoms with E-state index in [9.17, 15) is 9.59 Å². The lowest BCUT2D eigenvalue weighted by Gasteiger charge is -2.35. The van der Waals surface area contributed by atoms with Gasteiger partial charge in [0.1, 0.15) is 0 Å². The predicted molar refractivity (Wildman–Crippen MR) is 111 cm³/mol. The van der Waals surface area contributed by atoms with Crippen LogP contribution in [0.3, 0.4) is 0 Å². The van der Waals surface area contributed by atoms with Crippen molar-refractivity contribution in [2.24, 2.45) is 17.6 Å². The molecule has 28 heavy (non-hydrogen) atoms. The Morgan fingerprint density at radius 3 is 2.61 bits per heavy atom. The topological polar surface area (TPSA) is 87.5 Å². The van der Waals surface area contributed by atoms with Gasteiger partial charge in [-0.25, -0.2) is 0 Å². The molecule has 1 saturated heterocycles. The quantitative estimate of drug-likeness (QED) is 0.694. The molecule has 0 aliphatic carbocycles. The molecule has 6 heteroatoms. The summed E-state index contributed by atoms with van der Waals surface area (Å²) in [7, 11) is 0. The van der Waals surface area contributed by atoms with Gasteiger partial charge in [0.25, 0.3) is 0 Å². The Kier molecular flexibility index (Phi) is 6.73. The van der Waals surface area contributed by atoms with E-state index < -0.39 is 5.91 Å². The van der Waals surface area contributed by atoms with Crippen molar-refractivity contribution >= 4 is 11.8 Å². The number of primary amides is 1. The largest absolute Gasteiger partial charge is 0.366 e. The van der Waals surface area contributed by atoms with E-state index in [1.54, 1.807) is 6.07 Å². The highest BCUT2D eigenvalue weighted by Gasteiger charge is 2.28. The molecular weight excluding hydrogens is 352 g/mol. The van der Waals surface area contributed by atoms with E-state index >= 15 is 0 Å². The Hall–Kier alpha value is -1.92. The first-order valence-corrected chi connectivity index (χ1v) is 10.5. The monoisotopic (exact) mass is 386 g/mol. The molecule has 1 aromatic carbocycles. The van der Waals surface area contributed by atoms with E-state index in [0.717, 1.165) is 36.7 Å². The molecule has 1 aromatic rings. The molecule has 0 bridgehead atoms. The number of rotatable bonds is 6. The first-order valence-electron chi connectivity index (χ1n) is 10.5. The third kappa shape index (κ3) is 5.11. The number of amides is 2. The van der Waals surface area contributed by atoms with Gasteiger partial charge in [0.05, 0.1) is 6.04 Å². The molecular formula is C22H34N4O2. The molecule has 0 aromatic heterocycles. The molecule has 0 saturated carbocycles. The van der Waals surface area contributed by atoms with Gasteiger partial charge in [-0.1, -0.05) is 26.8 Å². The smallest absolute Gasteiger partial charge is 0.248 e. The number of nitrogens with zero attached hydrogens (tertiary/aromatic N) is 1. The number of piperidine rings is 1. The van der Waals surface area contributed by atoms with Gasteiger partial charge < -0.3 is 21.3 Å². The average Bonchev–Trinajstić information content (AvgIpc) is 2.68. The van der Waals surface area contributed by atoms with Gasteiger partial charge in [-0.2, -0.15) is 0 Å². The van der Waals surface area contributed by atoms with Gasteiger partial charge >= 0.3 is 0 Å². The molecule has 6 nitrogen and oxygen atoms in total. The van der Waals surface area contributed by atoms with Crippen molar-refractivity contribution in [1.82, 2.24) is 15.5 Å². The lowest BCUT2D eigenvalue weighted by Crippen LogP contribution is -2.54. The van der Waals surface area contributed by atoms with Crippen LogP contribution in [0.5, 0.6) is 0 Å². The highest BCUT2D eigenvalue weighted by Crippen LogP contribution is 2.20. The zero-order valence-electron chi connectivity index (χ0n) is 17.3. The number of likely N-dealkylation sites (tertiary alicyclic amines) is 1. The Morgan fingerprint density at radius 2 is 1.96 bits per heavy atom. The molecule has 2 heterocycles. The summed E-state index contributed by atoms with van der Waals surface area (Å²) < 4.78 is 0. The summed E-state index contributed by atoms with van der Waals surface area (Å²) >= 11 is 0. The van der Waals surface area contributed by atoms with Crippen molar-refractivity contribution in [3.63, 3.8) is 0 Å². The standard InChI is InChI=1S/C22H34N4O2/c1-14(2)20(13-26-8-6-15(3)7-9-26)25-22(28)19-11-16-4-5-17(21(23)27)10-18(16)12-24-19/h4-5,10,14-15,19-20,24H,6-9,11-13H2,1-3H3,(H2,23,27)(H,25,28)/t19-,20-/m1/s1. The number of hydrogen-bond acceptors (Lipinski definition) is 4. The van der Waals surface area contributed by atoms with Crippen LogP contribution in [0.1, 0.15) is 55.1 Å². The number of nitrogens with two attached hydrogens (primary N) is 1. The SMILES string of the molecule is CC1CCN(C[C@@H](NC(=O)[C@H]2Cc3ccc(C(N)=O)cc3CN2)C(C)C)CC1. The normalized spacial score (nSPS) is 21.9. The average molecular weight is 387 g/mol. The molecule has 1 fully saturated rings. The molecule has 154 valence electrons. The van der Waals surface area contributed by atoms with Crippen LogP contribution in [0.15, 0.2) is 18.2 Å². The van der Waals surface area contributed by atoms with Crippen LogP contribution in [0, 0.1) is 11.8 Å². The van der Waals surface area contributed by atoms with E-state index in [-0.39, 0.29) is 18.0 Å². The number of nitrogens with one attached hydrogen (secondary N) is 2. The van der Waals surface area contributed by atoms with E-state index in [2.05, 4.69) is 36.3 Å². The summed E-state index contributed by atoms with van der Waals surface area (Å²) in [6.45, 7) is 10.4. The van der Waals surface area contributed by atoms with Crippen LogP contribution in [0.4, 0.5) is 0 Å². The Labute approximate surface area is 168 Å². The zero-order valence-corrected chi connectivity index (χ0v) is 17.3. The summed E-state index contributed by atoms with van der Waals surface area (Å²) in [6.07, 6.45) is 3.12. The van der Waals surface area contributed by atoms with E-state index in [4.69, 9.17) is 5.73 Å². The fourth-order valence-corrected chi connectivity index (χ4v) is 4.08. The molecule has 2 amide bonds. The maximum absolute atomic E-state index is 12.9. The Bertz CT molecular complexity index is 710. The molecule has 2 atom stereocenters. The number of benzene rings is 1. The number of hydrogen-bond donors (Lipinski definition) is 3. The van der Waals surface area contributed by atoms with E-state index in [1.807, 2.05) is 12.1 Å². The van der Waals surface area contributed by atoms with Gasteiger partial charge in [0.2, 0.25) is 11.8 Å². The van der Waals surface area contributed by atoms with Gasteiger partial charge in [-0.05, 0) is 67.4 Å². The minimum Gasteiger partial charge on any atom is -0.366 e. The molecule has 0 unspecified atom stereocenters. The highest BCUT2D eigenvalue weighted by atomic mass is 16.2. The van der Waals surface area contributed by atoms with Crippen molar-refractivity contribution in [3.8, 4) is 0 Å². The lowest BCUT2D eigenvalue weighted by atomic mass is 9.93. The first-order chi connectivity index (χ1) is 13.3. The maximum atomic E-state index is 12.9. The van der Waals surface area contributed by atoms with Gasteiger partial charge in [0.15, 0.2) is 0 Å². The van der Waals surface area contributed by atoms with Crippen LogP contribution < -0.4 is 16.4 Å². The van der Waals surface area contributed by atoms with Crippen LogP contribution in [0.2, 0.25) is 0 Å². The van der Waals surface area contributed by atoms with Gasteiger partial charge in [-0.15, -0.1) is 0 Å². The number of carbonyl (C=O) groups is 2. The minimum absolute atomic E-state index is 0.0636. The molecule has 4 N–H and O–H groups in total. The molecule has 3 rings (SSSR count). The molecule has 2 aliphatic heterocycles. The maximum Gasteiger partial charge on any atom is 0.248 e. The second kappa shape index (κ2) is 9.05. The van der Waals surface area contributed by atoms with Crippen LogP contribution in [0.25, 0.3) is 0 Å². The van der Waals surface area contributed by atoms with Crippen molar-refractivity contribution in [2.45, 2.75) is 58.7 Å². The fraction of sp³-hybridized carbons (Fsp3) is 0.636. The summed E-state index contributed by atoms with van der Waals surface area (Å²) in [5, 5.41) is 6.61. The summed E-state index contributed by atoms with van der Waals surface area (Å²) in [5.41, 5.74) is 8.03. The van der Waals surface area contributed by atoms with Crippen LogP contribution >= 0.6 is 0 Å². The zero-order chi connectivity index (χ0) is 20.3. The Morgan fingerprint density at radius 1 is 1.25 bits per heavy atom. The Balaban J connectivity index is 1.59. The summed E-state index contributed by atoms with van der Waals surface area (Å²) in [6, 6.07) is 5.41. The molecule has 0 radical (unpaired) electrons. The van der Waals surface area contributed by atoms with E-state index in [0.29, 0.717) is 24.4 Å². The van der Waals surface area contributed by atoms with Crippen LogP contribution in [-0.4, -0.2) is 48.4 Å². The van der Waals surface area contributed by atoms with Crippen molar-refractivity contribution in [2.75, 3.05) is 19.6 Å². The summed E-state index contributed by atoms with van der Waals surface area (Å²) in [5.74, 6) is 0.838. The predicted octanol–water partition coefficient (Wildman–Crippen LogP) is 1.67. The summed E-state index contributed by atoms with van der Waals surface area (Å²) in [4.78, 5) is 26.8. The second-order valence-electron chi connectivity index (χ2n) is 8.83. The van der Waals surface area contributed by atoms with Crippen molar-refractivity contribution < 1.29 is 9.59 Å². The van der Waals surface area contributed by atoms with Crippen molar-refractivity contribution in [1.29, 1.82) is 0 Å². The minimum atomic E-state index is -0.422. The number of fused-ring (bicyclic) bond motifs is 1. The molecule has 0 spiro atoms. The fourth-order valence-electron chi connectivity index (χ4n) is 4.08. The van der Waals surface area contributed by atoms with Crippen LogP contribution in [-0.2, 0) is 17.8 Å². The highest BCUT2D eigenvalue weighted by molar-refractivity contribution is 5.93. The second-order valence-corrected chi connectivity index (χ2v) is 8.83. The third-order valence-corrected chi connectivity index (χ3v) is 6.23. The molecule has 2 aliphatic rings. The number of carbonyl (C=O) groups excluding carboxylic acids is 2. The van der Waals surface area contributed by atoms with E-state index in [1.165, 1.54) is 12.8 Å². The van der Waals surface area contributed by atoms with Crippen molar-refractivity contribution in [3.05, 3.63) is 34.9 Å². The first kappa shape index (κ1) is 20.8. The lowest BCUT2D eigenvalue weighted by molar-refractivity contribution is -0.124. The van der Waals surface area contributed by atoms with Gasteiger partial charge in [0, 0.05) is 24.7 Å². The third-order valence-electron chi connectivity index (χ3n) is 6.23. The van der Waals surface area contributed by atoms with Gasteiger partial charge in [-0.3, -0.25) is 9.59 Å².